The van der Waals surface area contributed by atoms with Crippen LogP contribution in [-0.2, 0) is 14.3 Å². The first-order valence-corrected chi connectivity index (χ1v) is 16.0. The Kier molecular flexibility index (Phi) is 6.63. The summed E-state index contributed by atoms with van der Waals surface area (Å²) in [6.45, 7) is 6.12. The van der Waals surface area contributed by atoms with Crippen molar-refractivity contribution in [1.29, 1.82) is 0 Å². The third-order valence-electron chi connectivity index (χ3n) is 11.0. The number of carbonyl (C=O) groups excluding carboxylic acids is 3. The molecule has 8 nitrogen and oxygen atoms in total. The Balaban J connectivity index is 1.26. The van der Waals surface area contributed by atoms with E-state index in [9.17, 15) is 19.5 Å². The molecule has 0 aliphatic heterocycles. The van der Waals surface area contributed by atoms with Crippen LogP contribution in [0.15, 0.2) is 80.5 Å². The van der Waals surface area contributed by atoms with Crippen LogP contribution < -0.4 is 0 Å². The number of benzene rings is 1. The molecule has 1 N–H and O–H groups in total. The summed E-state index contributed by atoms with van der Waals surface area (Å²) in [7, 11) is 0. The minimum absolute atomic E-state index is 0.00938. The van der Waals surface area contributed by atoms with Gasteiger partial charge in [0.25, 0.3) is 5.22 Å². The molecule has 1 aromatic carbocycles. The molecule has 0 amide bonds. The molecule has 9 heteroatoms. The highest BCUT2D eigenvalue weighted by Crippen LogP contribution is 2.69. The standard InChI is InChI=1S/C34H35NO7S/c1-19-15-23-22-11-10-20-16-21(36)12-13-32(20,2)29(22)25(37)17-33(23,3)34(19,42-30(39)27-9-6-14-40-27)28(38)18-43-31-35-24-7-4-5-8-26(24)41-31/h4-9,12-14,16,19,22-23,25,29,37H,10-11,15,17-18H2,1-3H3/t19-,22?,23?,25+,29?,32?,33?,34+/m1/s1. The molecule has 2 heterocycles. The molecule has 0 radical (unpaired) electrons. The second-order valence-electron chi connectivity index (χ2n) is 13.1. The fourth-order valence-electron chi connectivity index (χ4n) is 9.25. The van der Waals surface area contributed by atoms with E-state index in [0.717, 1.165) is 18.4 Å². The van der Waals surface area contributed by atoms with Gasteiger partial charge in [-0.05, 0) is 73.9 Å². The number of aliphatic hydroxyl groups is 1. The maximum atomic E-state index is 14.6. The summed E-state index contributed by atoms with van der Waals surface area (Å²) in [6.07, 6.45) is 8.48. The molecule has 0 saturated heterocycles. The van der Waals surface area contributed by atoms with Crippen LogP contribution in [0.1, 0.15) is 57.0 Å². The average molecular weight is 602 g/mol. The van der Waals surface area contributed by atoms with Crippen molar-refractivity contribution in [2.75, 3.05) is 5.75 Å². The zero-order chi connectivity index (χ0) is 30.1. The second kappa shape index (κ2) is 10.1. The monoisotopic (exact) mass is 601 g/mol. The van der Waals surface area contributed by atoms with E-state index in [4.69, 9.17) is 13.6 Å². The van der Waals surface area contributed by atoms with Gasteiger partial charge in [-0.1, -0.05) is 56.3 Å². The zero-order valence-corrected chi connectivity index (χ0v) is 25.3. The number of fused-ring (bicyclic) bond motifs is 6. The van der Waals surface area contributed by atoms with Gasteiger partial charge in [0.05, 0.1) is 18.1 Å². The summed E-state index contributed by atoms with van der Waals surface area (Å²) >= 11 is 1.19. The Bertz CT molecular complexity index is 1640. The maximum Gasteiger partial charge on any atom is 0.375 e. The number of esters is 1. The lowest BCUT2D eigenvalue weighted by Gasteiger charge is -2.60. The Morgan fingerprint density at radius 2 is 2.00 bits per heavy atom. The van der Waals surface area contributed by atoms with Crippen molar-refractivity contribution in [3.63, 3.8) is 0 Å². The number of oxazole rings is 1. The number of thioether (sulfide) groups is 1. The Morgan fingerprint density at radius 3 is 2.77 bits per heavy atom. The number of rotatable bonds is 6. The zero-order valence-electron chi connectivity index (χ0n) is 24.4. The van der Waals surface area contributed by atoms with E-state index in [2.05, 4.69) is 11.9 Å². The molecule has 8 atom stereocenters. The van der Waals surface area contributed by atoms with Crippen LogP contribution in [0, 0.1) is 34.5 Å². The lowest BCUT2D eigenvalue weighted by Crippen LogP contribution is -2.64. The minimum Gasteiger partial charge on any atom is -0.457 e. The highest BCUT2D eigenvalue weighted by Gasteiger charge is 2.72. The van der Waals surface area contributed by atoms with Crippen LogP contribution >= 0.6 is 11.8 Å². The molecule has 3 saturated carbocycles. The Hall–Kier alpha value is -3.43. The number of para-hydroxylation sites is 2. The molecule has 224 valence electrons. The molecule has 7 rings (SSSR count). The van der Waals surface area contributed by atoms with Crippen molar-refractivity contribution in [1.82, 2.24) is 4.98 Å². The quantitative estimate of drug-likeness (QED) is 0.260. The highest BCUT2D eigenvalue weighted by molar-refractivity contribution is 7.99. The van der Waals surface area contributed by atoms with E-state index in [0.29, 0.717) is 29.2 Å². The van der Waals surface area contributed by atoms with Crippen LogP contribution in [0.2, 0.25) is 0 Å². The van der Waals surface area contributed by atoms with Crippen LogP contribution in [0.5, 0.6) is 0 Å². The maximum absolute atomic E-state index is 14.6. The van der Waals surface area contributed by atoms with Gasteiger partial charge in [0, 0.05) is 22.7 Å². The SMILES string of the molecule is C[C@@H]1CC2C3CCC4=CC(=O)C=CC4(C)C3[C@@H](O)CC2(C)[C@@]1(OC(=O)c1ccco1)C(=O)CSc1nc2ccccc2o1. The van der Waals surface area contributed by atoms with Crippen molar-refractivity contribution < 1.29 is 33.1 Å². The Morgan fingerprint density at radius 1 is 1.19 bits per heavy atom. The van der Waals surface area contributed by atoms with Gasteiger partial charge in [-0.25, -0.2) is 9.78 Å². The van der Waals surface area contributed by atoms with Gasteiger partial charge in [-0.2, -0.15) is 0 Å². The first kappa shape index (κ1) is 28.3. The highest BCUT2D eigenvalue weighted by atomic mass is 32.2. The number of carbonyl (C=O) groups is 3. The molecule has 4 aliphatic rings. The Labute approximate surface area is 253 Å². The van der Waals surface area contributed by atoms with E-state index in [1.807, 2.05) is 44.2 Å². The van der Waals surface area contributed by atoms with Crippen molar-refractivity contribution in [3.05, 3.63) is 72.2 Å². The number of Topliss-reactive ketones (excluding diaryl/α,β-unsaturated/α-hetero) is 1. The minimum atomic E-state index is -1.50. The van der Waals surface area contributed by atoms with Crippen molar-refractivity contribution >= 4 is 40.4 Å². The van der Waals surface area contributed by atoms with Gasteiger partial charge in [-0.15, -0.1) is 0 Å². The van der Waals surface area contributed by atoms with Crippen LogP contribution in [0.25, 0.3) is 11.1 Å². The van der Waals surface area contributed by atoms with Crippen LogP contribution in [0.4, 0.5) is 0 Å². The third kappa shape index (κ3) is 4.14. The largest absolute Gasteiger partial charge is 0.457 e. The summed E-state index contributed by atoms with van der Waals surface area (Å²) in [4.78, 5) is 44.9. The summed E-state index contributed by atoms with van der Waals surface area (Å²) in [5, 5.41) is 12.3. The normalized spacial score (nSPS) is 36.5. The molecule has 4 aliphatic carbocycles. The summed E-state index contributed by atoms with van der Waals surface area (Å²) in [5.41, 5.74) is -0.365. The van der Waals surface area contributed by atoms with E-state index >= 15 is 0 Å². The molecule has 3 aromatic rings. The number of furan rings is 1. The topological polar surface area (TPSA) is 120 Å². The molecule has 0 bridgehead atoms. The number of aromatic nitrogens is 1. The number of aliphatic hydroxyl groups excluding tert-OH is 1. The predicted octanol–water partition coefficient (Wildman–Crippen LogP) is 6.20. The van der Waals surface area contributed by atoms with Gasteiger partial charge in [0.1, 0.15) is 5.52 Å². The third-order valence-corrected chi connectivity index (χ3v) is 11.9. The number of allylic oxidation sites excluding steroid dienone is 4. The molecule has 5 unspecified atom stereocenters. The van der Waals surface area contributed by atoms with Gasteiger partial charge < -0.3 is 18.7 Å². The molecular weight excluding hydrogens is 566 g/mol. The molecule has 43 heavy (non-hydrogen) atoms. The lowest BCUT2D eigenvalue weighted by atomic mass is 9.46. The van der Waals surface area contributed by atoms with Crippen molar-refractivity contribution in [3.8, 4) is 0 Å². The molecule has 3 fully saturated rings. The fourth-order valence-corrected chi connectivity index (χ4v) is 10.0. The predicted molar refractivity (Wildman–Crippen MR) is 159 cm³/mol. The van der Waals surface area contributed by atoms with Gasteiger partial charge in [-0.3, -0.25) is 9.59 Å². The molecule has 2 aromatic heterocycles. The number of hydrogen-bond acceptors (Lipinski definition) is 9. The van der Waals surface area contributed by atoms with E-state index in [1.165, 1.54) is 24.1 Å². The van der Waals surface area contributed by atoms with E-state index in [1.54, 1.807) is 18.2 Å². The molecule has 0 spiro atoms. The first-order chi connectivity index (χ1) is 20.6. The number of nitrogens with zero attached hydrogens (tertiary/aromatic N) is 1. The fraction of sp³-hybridized carbons (Fsp3) is 0.471. The number of ether oxygens (including phenoxy) is 1. The first-order valence-electron chi connectivity index (χ1n) is 15.0. The van der Waals surface area contributed by atoms with Crippen molar-refractivity contribution in [2.24, 2.45) is 34.5 Å². The summed E-state index contributed by atoms with van der Waals surface area (Å²) in [5.74, 6) is -1.23. The van der Waals surface area contributed by atoms with Crippen molar-refractivity contribution in [2.45, 2.75) is 63.4 Å². The van der Waals surface area contributed by atoms with Gasteiger partial charge in [0.2, 0.25) is 5.76 Å². The smallest absolute Gasteiger partial charge is 0.375 e. The van der Waals surface area contributed by atoms with E-state index < -0.39 is 28.5 Å². The van der Waals surface area contributed by atoms with E-state index in [-0.39, 0.29) is 46.8 Å². The average Bonchev–Trinajstić information content (AvgIpc) is 3.70. The number of hydrogen-bond donors (Lipinski definition) is 1. The lowest BCUT2D eigenvalue weighted by molar-refractivity contribution is -0.181. The van der Waals surface area contributed by atoms with Crippen LogP contribution in [0.3, 0.4) is 0 Å². The second-order valence-corrected chi connectivity index (χ2v) is 14.0. The van der Waals surface area contributed by atoms with Gasteiger partial charge in [0.15, 0.2) is 22.8 Å². The van der Waals surface area contributed by atoms with Gasteiger partial charge >= 0.3 is 5.97 Å². The number of ketones is 2. The van der Waals surface area contributed by atoms with Crippen LogP contribution in [-0.4, -0.2) is 45.1 Å². The summed E-state index contributed by atoms with van der Waals surface area (Å²) < 4.78 is 17.6. The molecular formula is C34H35NO7S. The summed E-state index contributed by atoms with van der Waals surface area (Å²) in [6, 6.07) is 10.6.